The molecule has 1 N–H and O–H groups in total. The fourth-order valence-corrected chi connectivity index (χ4v) is 3.20. The van der Waals surface area contributed by atoms with Crippen molar-refractivity contribution in [3.05, 3.63) is 0 Å². The maximum atomic E-state index is 3.58. The number of hydrogen-bond donors (Lipinski definition) is 1. The average molecular weight is 181 g/mol. The molecule has 0 radical (unpaired) electrons. The van der Waals surface area contributed by atoms with Crippen molar-refractivity contribution in [1.29, 1.82) is 0 Å². The van der Waals surface area contributed by atoms with Crippen LogP contribution >= 0.6 is 0 Å². The minimum Gasteiger partial charge on any atom is -0.316 e. The van der Waals surface area contributed by atoms with Crippen molar-refractivity contribution in [3.8, 4) is 0 Å². The molecule has 0 saturated heterocycles. The molecule has 0 atom stereocenters. The fourth-order valence-electron chi connectivity index (χ4n) is 3.20. The van der Waals surface area contributed by atoms with Gasteiger partial charge < -0.3 is 5.32 Å². The van der Waals surface area contributed by atoms with Crippen molar-refractivity contribution in [2.75, 3.05) is 13.1 Å². The van der Waals surface area contributed by atoms with E-state index in [1.165, 1.54) is 51.5 Å². The molecule has 1 heteroatoms. The largest absolute Gasteiger partial charge is 0.316 e. The Bertz CT molecular complexity index is 155. The summed E-state index contributed by atoms with van der Waals surface area (Å²) in [6.45, 7) is 4.67. The first-order chi connectivity index (χ1) is 6.37. The standard InChI is InChI=1S/C12H23N/c1-2-13-10-12(8-3-4-9-12)11-6-5-7-11/h11,13H,2-10H2,1H3. The molecular weight excluding hydrogens is 158 g/mol. The van der Waals surface area contributed by atoms with Crippen LogP contribution in [0.3, 0.4) is 0 Å². The highest BCUT2D eigenvalue weighted by Gasteiger charge is 2.42. The quantitative estimate of drug-likeness (QED) is 0.703. The Morgan fingerprint density at radius 3 is 2.31 bits per heavy atom. The van der Waals surface area contributed by atoms with E-state index >= 15 is 0 Å². The second-order valence-electron chi connectivity index (χ2n) is 4.98. The monoisotopic (exact) mass is 181 g/mol. The van der Waals surface area contributed by atoms with Crippen LogP contribution in [0.4, 0.5) is 0 Å². The molecule has 13 heavy (non-hydrogen) atoms. The maximum Gasteiger partial charge on any atom is 0.00103 e. The van der Waals surface area contributed by atoms with Crippen LogP contribution in [0, 0.1) is 11.3 Å². The third-order valence-electron chi connectivity index (χ3n) is 4.30. The summed E-state index contributed by atoms with van der Waals surface area (Å²) in [7, 11) is 0. The highest BCUT2D eigenvalue weighted by molar-refractivity contribution is 4.95. The van der Waals surface area contributed by atoms with E-state index < -0.39 is 0 Å². The smallest absolute Gasteiger partial charge is 0.00103 e. The number of rotatable bonds is 4. The Morgan fingerprint density at radius 2 is 1.85 bits per heavy atom. The van der Waals surface area contributed by atoms with E-state index in [0.29, 0.717) is 0 Å². The molecule has 1 nitrogen and oxygen atoms in total. The first-order valence-corrected chi connectivity index (χ1v) is 6.08. The maximum absolute atomic E-state index is 3.58. The summed E-state index contributed by atoms with van der Waals surface area (Å²) in [5.41, 5.74) is 0.730. The first-order valence-electron chi connectivity index (χ1n) is 6.08. The molecule has 0 unspecified atom stereocenters. The molecule has 2 fully saturated rings. The lowest BCUT2D eigenvalue weighted by Crippen LogP contribution is -2.41. The van der Waals surface area contributed by atoms with Crippen molar-refractivity contribution >= 4 is 0 Å². The summed E-state index contributed by atoms with van der Waals surface area (Å²) in [4.78, 5) is 0. The molecule has 2 saturated carbocycles. The van der Waals surface area contributed by atoms with Crippen LogP contribution in [0.5, 0.6) is 0 Å². The van der Waals surface area contributed by atoms with Gasteiger partial charge in [0.25, 0.3) is 0 Å². The van der Waals surface area contributed by atoms with E-state index in [-0.39, 0.29) is 0 Å². The normalized spacial score (nSPS) is 27.5. The predicted molar refractivity (Wildman–Crippen MR) is 56.8 cm³/mol. The second-order valence-corrected chi connectivity index (χ2v) is 4.98. The molecule has 0 aliphatic heterocycles. The summed E-state index contributed by atoms with van der Waals surface area (Å²) in [5, 5.41) is 3.58. The Hall–Kier alpha value is -0.0400. The van der Waals surface area contributed by atoms with Crippen LogP contribution in [0.25, 0.3) is 0 Å². The van der Waals surface area contributed by atoms with Crippen LogP contribution in [0.15, 0.2) is 0 Å². The zero-order valence-corrected chi connectivity index (χ0v) is 8.94. The molecule has 2 aliphatic rings. The Kier molecular flexibility index (Phi) is 2.92. The molecule has 0 spiro atoms. The van der Waals surface area contributed by atoms with Crippen LogP contribution in [-0.4, -0.2) is 13.1 Å². The van der Waals surface area contributed by atoms with Crippen LogP contribution in [0.1, 0.15) is 51.9 Å². The molecule has 2 aliphatic carbocycles. The first kappa shape index (κ1) is 9.51. The Balaban J connectivity index is 1.92. The van der Waals surface area contributed by atoms with E-state index in [1.807, 2.05) is 0 Å². The highest BCUT2D eigenvalue weighted by Crippen LogP contribution is 2.51. The minimum atomic E-state index is 0.730. The van der Waals surface area contributed by atoms with Gasteiger partial charge in [0.2, 0.25) is 0 Å². The lowest BCUT2D eigenvalue weighted by Gasteiger charge is -2.43. The van der Waals surface area contributed by atoms with E-state index in [4.69, 9.17) is 0 Å². The highest BCUT2D eigenvalue weighted by atomic mass is 14.9. The second kappa shape index (κ2) is 4.00. The van der Waals surface area contributed by atoms with Gasteiger partial charge in [-0.15, -0.1) is 0 Å². The third-order valence-corrected chi connectivity index (χ3v) is 4.30. The van der Waals surface area contributed by atoms with Gasteiger partial charge in [-0.1, -0.05) is 26.2 Å². The van der Waals surface area contributed by atoms with Crippen molar-refractivity contribution in [1.82, 2.24) is 5.32 Å². The number of nitrogens with one attached hydrogen (secondary N) is 1. The molecule has 0 heterocycles. The van der Waals surface area contributed by atoms with Crippen molar-refractivity contribution in [2.24, 2.45) is 11.3 Å². The molecular formula is C12H23N. The van der Waals surface area contributed by atoms with Gasteiger partial charge in [0.05, 0.1) is 0 Å². The van der Waals surface area contributed by atoms with E-state index in [9.17, 15) is 0 Å². The lowest BCUT2D eigenvalue weighted by molar-refractivity contribution is 0.0878. The Morgan fingerprint density at radius 1 is 1.15 bits per heavy atom. The van der Waals surface area contributed by atoms with Gasteiger partial charge in [0.1, 0.15) is 0 Å². The van der Waals surface area contributed by atoms with Gasteiger partial charge in [-0.2, -0.15) is 0 Å². The zero-order valence-electron chi connectivity index (χ0n) is 8.94. The van der Waals surface area contributed by atoms with Gasteiger partial charge >= 0.3 is 0 Å². The van der Waals surface area contributed by atoms with Gasteiger partial charge in [-0.3, -0.25) is 0 Å². The van der Waals surface area contributed by atoms with E-state index in [0.717, 1.165) is 17.9 Å². The SMILES string of the molecule is CCNCC1(C2CCC2)CCCC1. The third kappa shape index (κ3) is 1.76. The Labute approximate surface area is 82.3 Å². The summed E-state index contributed by atoms with van der Waals surface area (Å²) in [6, 6.07) is 0. The summed E-state index contributed by atoms with van der Waals surface area (Å²) < 4.78 is 0. The van der Waals surface area contributed by atoms with E-state index in [1.54, 1.807) is 0 Å². The van der Waals surface area contributed by atoms with Crippen molar-refractivity contribution < 1.29 is 0 Å². The predicted octanol–water partition coefficient (Wildman–Crippen LogP) is 2.96. The van der Waals surface area contributed by atoms with Gasteiger partial charge in [-0.05, 0) is 43.6 Å². The molecule has 0 bridgehead atoms. The number of hydrogen-bond acceptors (Lipinski definition) is 1. The fraction of sp³-hybridized carbons (Fsp3) is 1.00. The van der Waals surface area contributed by atoms with E-state index in [2.05, 4.69) is 12.2 Å². The lowest BCUT2D eigenvalue weighted by atomic mass is 9.64. The topological polar surface area (TPSA) is 12.0 Å². The van der Waals surface area contributed by atoms with Crippen molar-refractivity contribution in [3.63, 3.8) is 0 Å². The molecule has 0 amide bonds. The zero-order chi connectivity index (χ0) is 9.15. The van der Waals surface area contributed by atoms with Gasteiger partial charge in [0, 0.05) is 6.54 Å². The summed E-state index contributed by atoms with van der Waals surface area (Å²) in [5.74, 6) is 1.08. The molecule has 2 rings (SSSR count). The summed E-state index contributed by atoms with van der Waals surface area (Å²) in [6.07, 6.45) is 10.5. The minimum absolute atomic E-state index is 0.730. The van der Waals surface area contributed by atoms with Gasteiger partial charge in [0.15, 0.2) is 0 Å². The van der Waals surface area contributed by atoms with Crippen molar-refractivity contribution in [2.45, 2.75) is 51.9 Å². The van der Waals surface area contributed by atoms with Crippen LogP contribution < -0.4 is 5.32 Å². The average Bonchev–Trinajstić information content (AvgIpc) is 2.47. The molecule has 0 aromatic carbocycles. The van der Waals surface area contributed by atoms with Crippen LogP contribution in [-0.2, 0) is 0 Å². The summed E-state index contributed by atoms with van der Waals surface area (Å²) >= 11 is 0. The molecule has 0 aromatic heterocycles. The van der Waals surface area contributed by atoms with Gasteiger partial charge in [-0.25, -0.2) is 0 Å². The molecule has 0 aromatic rings. The molecule has 76 valence electrons. The van der Waals surface area contributed by atoms with Crippen LogP contribution in [0.2, 0.25) is 0 Å².